The first-order valence-corrected chi connectivity index (χ1v) is 6.20. The van der Waals surface area contributed by atoms with Crippen LogP contribution in [0.15, 0.2) is 0 Å². The number of hydrogen-bond acceptors (Lipinski definition) is 4. The van der Waals surface area contributed by atoms with E-state index in [0.717, 1.165) is 6.42 Å². The Balaban J connectivity index is 4.11. The fourth-order valence-corrected chi connectivity index (χ4v) is 2.43. The molecule has 5 nitrogen and oxygen atoms in total. The van der Waals surface area contributed by atoms with Gasteiger partial charge in [0.1, 0.15) is 0 Å². The molecule has 0 amide bonds. The maximum Gasteiger partial charge on any atom is 0.333 e. The second-order valence-electron chi connectivity index (χ2n) is 6.42. The van der Waals surface area contributed by atoms with Crippen LogP contribution < -0.4 is 5.32 Å². The number of aliphatic hydroxyl groups excluding tert-OH is 1. The fourth-order valence-electron chi connectivity index (χ4n) is 2.43. The predicted molar refractivity (Wildman–Crippen MR) is 70.6 cm³/mol. The van der Waals surface area contributed by atoms with Crippen LogP contribution >= 0.6 is 0 Å². The van der Waals surface area contributed by atoms with Crippen molar-refractivity contribution in [2.45, 2.75) is 40.2 Å². The number of carboxylic acids is 1. The third-order valence-electron chi connectivity index (χ3n) is 2.72. The minimum Gasteiger partial charge on any atom is -0.479 e. The molecule has 1 unspecified atom stereocenters. The van der Waals surface area contributed by atoms with E-state index in [-0.39, 0.29) is 17.4 Å². The summed E-state index contributed by atoms with van der Waals surface area (Å²) in [7, 11) is 1.69. The van der Waals surface area contributed by atoms with Crippen molar-refractivity contribution in [3.05, 3.63) is 0 Å². The SMILES string of the molecule is COCC(C)(C)CC(C)(C)CNCC(O)C(=O)O. The van der Waals surface area contributed by atoms with Crippen molar-refractivity contribution < 1.29 is 19.7 Å². The maximum atomic E-state index is 10.5. The lowest BCUT2D eigenvalue weighted by Crippen LogP contribution is -2.40. The standard InChI is InChI=1S/C13H27NO4/c1-12(2,7-13(3,4)9-18-5)8-14-6-10(15)11(16)17/h10,14-15H,6-9H2,1-5H3,(H,16,17). The van der Waals surface area contributed by atoms with Gasteiger partial charge in [-0.25, -0.2) is 4.79 Å². The molecule has 0 rings (SSSR count). The highest BCUT2D eigenvalue weighted by molar-refractivity contribution is 5.72. The summed E-state index contributed by atoms with van der Waals surface area (Å²) in [6, 6.07) is 0. The molecule has 0 aliphatic heterocycles. The number of hydrogen-bond donors (Lipinski definition) is 3. The third kappa shape index (κ3) is 7.63. The molecule has 0 saturated carbocycles. The molecule has 0 aromatic heterocycles. The Morgan fingerprint density at radius 2 is 1.83 bits per heavy atom. The van der Waals surface area contributed by atoms with Gasteiger partial charge in [-0.15, -0.1) is 0 Å². The van der Waals surface area contributed by atoms with Gasteiger partial charge in [0.25, 0.3) is 0 Å². The monoisotopic (exact) mass is 261 g/mol. The van der Waals surface area contributed by atoms with Crippen LogP contribution in [0.1, 0.15) is 34.1 Å². The first kappa shape index (κ1) is 17.4. The van der Waals surface area contributed by atoms with E-state index in [0.29, 0.717) is 13.2 Å². The zero-order valence-electron chi connectivity index (χ0n) is 12.1. The number of methoxy groups -OCH3 is 1. The van der Waals surface area contributed by atoms with Gasteiger partial charge in [-0.1, -0.05) is 27.7 Å². The molecule has 0 saturated heterocycles. The number of rotatable bonds is 9. The zero-order chi connectivity index (χ0) is 14.4. The van der Waals surface area contributed by atoms with Crippen molar-refractivity contribution in [1.82, 2.24) is 5.32 Å². The Hall–Kier alpha value is -0.650. The summed E-state index contributed by atoms with van der Waals surface area (Å²) in [6.07, 6.45) is -0.392. The third-order valence-corrected chi connectivity index (χ3v) is 2.72. The van der Waals surface area contributed by atoms with Crippen LogP contribution in [-0.4, -0.2) is 49.1 Å². The average Bonchev–Trinajstić information content (AvgIpc) is 2.14. The van der Waals surface area contributed by atoms with Gasteiger partial charge >= 0.3 is 5.97 Å². The number of aliphatic hydroxyl groups is 1. The number of carboxylic acid groups (broad SMARTS) is 1. The lowest BCUT2D eigenvalue weighted by atomic mass is 9.75. The fraction of sp³-hybridized carbons (Fsp3) is 0.923. The summed E-state index contributed by atoms with van der Waals surface area (Å²) >= 11 is 0. The van der Waals surface area contributed by atoms with E-state index in [2.05, 4.69) is 33.0 Å². The van der Waals surface area contributed by atoms with Gasteiger partial charge < -0.3 is 20.3 Å². The van der Waals surface area contributed by atoms with Gasteiger partial charge in [0.2, 0.25) is 0 Å². The molecule has 108 valence electrons. The summed E-state index contributed by atoms with van der Waals surface area (Å²) in [5.74, 6) is -1.19. The van der Waals surface area contributed by atoms with Crippen LogP contribution in [0.25, 0.3) is 0 Å². The van der Waals surface area contributed by atoms with Crippen molar-refractivity contribution in [3.8, 4) is 0 Å². The largest absolute Gasteiger partial charge is 0.479 e. The molecule has 3 N–H and O–H groups in total. The highest BCUT2D eigenvalue weighted by atomic mass is 16.5. The Morgan fingerprint density at radius 3 is 2.28 bits per heavy atom. The highest BCUT2D eigenvalue weighted by Crippen LogP contribution is 2.33. The summed E-state index contributed by atoms with van der Waals surface area (Å²) in [4.78, 5) is 10.5. The van der Waals surface area contributed by atoms with Gasteiger partial charge in [-0.05, 0) is 17.3 Å². The summed E-state index contributed by atoms with van der Waals surface area (Å²) < 4.78 is 5.19. The van der Waals surface area contributed by atoms with Gasteiger partial charge in [0.05, 0.1) is 6.61 Å². The van der Waals surface area contributed by atoms with E-state index in [1.165, 1.54) is 0 Å². The normalized spacial score (nSPS) is 14.6. The van der Waals surface area contributed by atoms with E-state index < -0.39 is 12.1 Å². The first-order chi connectivity index (χ1) is 8.09. The molecule has 0 bridgehead atoms. The van der Waals surface area contributed by atoms with Crippen molar-refractivity contribution in [2.24, 2.45) is 10.8 Å². The summed E-state index contributed by atoms with van der Waals surface area (Å²) in [5.41, 5.74) is 0.0889. The Morgan fingerprint density at radius 1 is 1.28 bits per heavy atom. The van der Waals surface area contributed by atoms with Gasteiger partial charge in [-0.2, -0.15) is 0 Å². The minimum absolute atomic E-state index is 0.0141. The first-order valence-electron chi connectivity index (χ1n) is 6.20. The molecule has 0 aromatic rings. The number of aliphatic carboxylic acids is 1. The molecule has 1 atom stereocenters. The number of carbonyl (C=O) groups is 1. The van der Waals surface area contributed by atoms with Crippen LogP contribution in [-0.2, 0) is 9.53 Å². The van der Waals surface area contributed by atoms with Crippen molar-refractivity contribution >= 4 is 5.97 Å². The molecular formula is C13H27NO4. The van der Waals surface area contributed by atoms with E-state index in [1.807, 2.05) is 0 Å². The Labute approximate surface area is 110 Å². The second-order valence-corrected chi connectivity index (χ2v) is 6.42. The van der Waals surface area contributed by atoms with Crippen LogP contribution in [0.4, 0.5) is 0 Å². The molecular weight excluding hydrogens is 234 g/mol. The van der Waals surface area contributed by atoms with E-state index >= 15 is 0 Å². The molecule has 0 radical (unpaired) electrons. The molecule has 0 aromatic carbocycles. The molecule has 5 heteroatoms. The quantitative estimate of drug-likeness (QED) is 0.579. The van der Waals surface area contributed by atoms with E-state index in [4.69, 9.17) is 14.9 Å². The van der Waals surface area contributed by atoms with Gasteiger partial charge in [0, 0.05) is 20.2 Å². The minimum atomic E-state index is -1.34. The number of ether oxygens (including phenoxy) is 1. The molecule has 0 heterocycles. The van der Waals surface area contributed by atoms with Crippen LogP contribution in [0.5, 0.6) is 0 Å². The van der Waals surface area contributed by atoms with Gasteiger partial charge in [-0.3, -0.25) is 0 Å². The second kappa shape index (κ2) is 7.07. The predicted octanol–water partition coefficient (Wildman–Crippen LogP) is 1.11. The molecule has 0 aliphatic rings. The van der Waals surface area contributed by atoms with Crippen molar-refractivity contribution in [2.75, 3.05) is 26.8 Å². The summed E-state index contributed by atoms with van der Waals surface area (Å²) in [6.45, 7) is 9.94. The average molecular weight is 261 g/mol. The summed E-state index contributed by atoms with van der Waals surface area (Å²) in [5, 5.41) is 20.7. The van der Waals surface area contributed by atoms with E-state index in [9.17, 15) is 4.79 Å². The Bertz CT molecular complexity index is 264. The molecule has 0 spiro atoms. The zero-order valence-corrected chi connectivity index (χ0v) is 12.1. The lowest BCUT2D eigenvalue weighted by Gasteiger charge is -2.34. The smallest absolute Gasteiger partial charge is 0.333 e. The van der Waals surface area contributed by atoms with Crippen molar-refractivity contribution in [3.63, 3.8) is 0 Å². The number of nitrogens with one attached hydrogen (secondary N) is 1. The maximum absolute atomic E-state index is 10.5. The highest BCUT2D eigenvalue weighted by Gasteiger charge is 2.29. The molecule has 0 aliphatic carbocycles. The lowest BCUT2D eigenvalue weighted by molar-refractivity contribution is -0.146. The topological polar surface area (TPSA) is 78.8 Å². The molecule has 18 heavy (non-hydrogen) atoms. The van der Waals surface area contributed by atoms with E-state index in [1.54, 1.807) is 7.11 Å². The Kier molecular flexibility index (Phi) is 6.81. The van der Waals surface area contributed by atoms with Crippen LogP contribution in [0.2, 0.25) is 0 Å². The van der Waals surface area contributed by atoms with Crippen LogP contribution in [0, 0.1) is 10.8 Å². The van der Waals surface area contributed by atoms with Crippen molar-refractivity contribution in [1.29, 1.82) is 0 Å². The van der Waals surface area contributed by atoms with Crippen LogP contribution in [0.3, 0.4) is 0 Å². The molecule has 0 fully saturated rings. The van der Waals surface area contributed by atoms with Gasteiger partial charge in [0.15, 0.2) is 6.10 Å².